The van der Waals surface area contributed by atoms with E-state index in [9.17, 15) is 31.2 Å². The fraction of sp³-hybridized carbons (Fsp3) is 0.348. The van der Waals surface area contributed by atoms with Crippen molar-refractivity contribution in [2.75, 3.05) is 19.6 Å². The molecule has 40 heavy (non-hydrogen) atoms. The second-order valence-electron chi connectivity index (χ2n) is 8.77. The Morgan fingerprint density at radius 3 is 2.33 bits per heavy atom. The molecule has 4 rings (SSSR count). The smallest absolute Gasteiger partial charge is 0.475 e. The largest absolute Gasteiger partial charge is 0.490 e. The van der Waals surface area contributed by atoms with Crippen LogP contribution < -0.4 is 11.5 Å². The number of halogens is 3. The van der Waals surface area contributed by atoms with Crippen LogP contribution in [-0.4, -0.2) is 86.5 Å². The number of benzene rings is 1. The first-order valence-electron chi connectivity index (χ1n) is 11.7. The Kier molecular flexibility index (Phi) is 8.99. The van der Waals surface area contributed by atoms with Crippen molar-refractivity contribution in [2.24, 2.45) is 11.5 Å². The fourth-order valence-corrected chi connectivity index (χ4v) is 6.27. The van der Waals surface area contributed by atoms with E-state index in [-0.39, 0.29) is 31.0 Å². The maximum Gasteiger partial charge on any atom is 0.490 e. The van der Waals surface area contributed by atoms with E-state index >= 15 is 0 Å². The third-order valence-electron chi connectivity index (χ3n) is 6.25. The van der Waals surface area contributed by atoms with Crippen LogP contribution in [0.25, 0.3) is 10.9 Å². The van der Waals surface area contributed by atoms with Crippen LogP contribution in [0, 0.1) is 0 Å². The van der Waals surface area contributed by atoms with Crippen LogP contribution in [0.1, 0.15) is 12.8 Å². The molecule has 3 aromatic rings. The normalized spacial score (nSPS) is 18.1. The van der Waals surface area contributed by atoms with Crippen molar-refractivity contribution >= 4 is 38.8 Å². The van der Waals surface area contributed by atoms with E-state index in [0.717, 1.165) is 4.31 Å². The number of aliphatic carboxylic acids is 1. The predicted molar refractivity (Wildman–Crippen MR) is 134 cm³/mol. The van der Waals surface area contributed by atoms with Gasteiger partial charge in [0.1, 0.15) is 10.4 Å². The van der Waals surface area contributed by atoms with Crippen molar-refractivity contribution in [1.29, 1.82) is 0 Å². The highest BCUT2D eigenvalue weighted by atomic mass is 32.2. The SMILES string of the molecule is NC(=O)N1CCN(S(=O)(=O)c2cccc3cccnc23)C(CCCn2ccnc2)(C(N)=O)C1.O=C(O)C(F)(F)F. The molecule has 3 amide bonds. The molecule has 1 aromatic carbocycles. The number of hydrogen-bond acceptors (Lipinski definition) is 7. The zero-order chi connectivity index (χ0) is 29.7. The number of carbonyl (C=O) groups is 3. The summed E-state index contributed by atoms with van der Waals surface area (Å²) in [6.45, 7) is 0.195. The van der Waals surface area contributed by atoms with Gasteiger partial charge in [-0.1, -0.05) is 18.2 Å². The number of carboxylic acids is 1. The molecule has 1 fully saturated rings. The number of para-hydroxylation sites is 1. The number of aryl methyl sites for hydroxylation is 1. The molecule has 13 nitrogen and oxygen atoms in total. The minimum absolute atomic E-state index is 0.0200. The van der Waals surface area contributed by atoms with E-state index in [4.69, 9.17) is 21.4 Å². The Morgan fingerprint density at radius 1 is 1.07 bits per heavy atom. The van der Waals surface area contributed by atoms with Crippen molar-refractivity contribution in [2.45, 2.75) is 36.0 Å². The molecule has 1 aliphatic rings. The van der Waals surface area contributed by atoms with Gasteiger partial charge in [0.05, 0.1) is 18.4 Å². The number of nitrogens with two attached hydrogens (primary N) is 2. The van der Waals surface area contributed by atoms with Gasteiger partial charge in [-0.05, 0) is 25.0 Å². The molecule has 2 aromatic heterocycles. The van der Waals surface area contributed by atoms with Crippen molar-refractivity contribution in [3.8, 4) is 0 Å². The molecule has 1 atom stereocenters. The average Bonchev–Trinajstić information content (AvgIpc) is 3.41. The highest BCUT2D eigenvalue weighted by Gasteiger charge is 2.52. The molecular formula is C23H26F3N7O6S. The van der Waals surface area contributed by atoms with Gasteiger partial charge in [0.25, 0.3) is 0 Å². The lowest BCUT2D eigenvalue weighted by molar-refractivity contribution is -0.192. The number of amides is 3. The third kappa shape index (κ3) is 6.48. The fourth-order valence-electron chi connectivity index (χ4n) is 4.34. The number of fused-ring (bicyclic) bond motifs is 1. The summed E-state index contributed by atoms with van der Waals surface area (Å²) in [7, 11) is -4.20. The number of hydrogen-bond donors (Lipinski definition) is 3. The van der Waals surface area contributed by atoms with Gasteiger partial charge in [0, 0.05) is 43.6 Å². The summed E-state index contributed by atoms with van der Waals surface area (Å²) in [5, 5.41) is 7.78. The third-order valence-corrected chi connectivity index (χ3v) is 8.24. The first kappa shape index (κ1) is 30.3. The van der Waals surface area contributed by atoms with Crippen LogP contribution in [0.3, 0.4) is 0 Å². The second-order valence-corrected chi connectivity index (χ2v) is 10.6. The van der Waals surface area contributed by atoms with Gasteiger partial charge in [0.15, 0.2) is 0 Å². The summed E-state index contributed by atoms with van der Waals surface area (Å²) in [6.07, 6.45) is 1.98. The lowest BCUT2D eigenvalue weighted by Gasteiger charge is -2.47. The van der Waals surface area contributed by atoms with Gasteiger partial charge in [0.2, 0.25) is 15.9 Å². The van der Waals surface area contributed by atoms with Crippen molar-refractivity contribution in [1.82, 2.24) is 23.7 Å². The number of sulfonamides is 1. The van der Waals surface area contributed by atoms with Crippen molar-refractivity contribution < 1.29 is 41.1 Å². The molecule has 0 spiro atoms. The number of alkyl halides is 3. The monoisotopic (exact) mass is 585 g/mol. The number of primary amides is 2. The standard InChI is InChI=1S/C21H25N7O4S.C2HF3O2/c22-19(29)21(7-3-10-26-11-9-24-15-26)14-27(20(23)30)12-13-28(21)33(31,32)17-6-1-4-16-5-2-8-25-18(16)17;3-2(4,5)1(6)7/h1-2,4-6,8-9,11,15H,3,7,10,12-14H2,(H2,22,29)(H2,23,30);(H,6,7). The zero-order valence-corrected chi connectivity index (χ0v) is 21.7. The summed E-state index contributed by atoms with van der Waals surface area (Å²) in [5.74, 6) is -3.59. The minimum Gasteiger partial charge on any atom is -0.475 e. The summed E-state index contributed by atoms with van der Waals surface area (Å²) in [4.78, 5) is 43.2. The minimum atomic E-state index is -5.08. The lowest BCUT2D eigenvalue weighted by atomic mass is 9.89. The summed E-state index contributed by atoms with van der Waals surface area (Å²) in [5.41, 5.74) is 9.96. The second kappa shape index (κ2) is 11.9. The van der Waals surface area contributed by atoms with Crippen LogP contribution in [0.15, 0.2) is 60.1 Å². The van der Waals surface area contributed by atoms with Crippen LogP contribution >= 0.6 is 0 Å². The van der Waals surface area contributed by atoms with E-state index in [1.54, 1.807) is 43.0 Å². The summed E-state index contributed by atoms with van der Waals surface area (Å²) >= 11 is 0. The molecule has 5 N–H and O–H groups in total. The number of piperazine rings is 1. The molecule has 0 radical (unpaired) electrons. The Labute approximate surface area is 226 Å². The molecule has 216 valence electrons. The first-order valence-corrected chi connectivity index (χ1v) is 13.1. The van der Waals surface area contributed by atoms with Gasteiger partial charge in [-0.15, -0.1) is 0 Å². The van der Waals surface area contributed by atoms with Crippen LogP contribution in [-0.2, 0) is 26.2 Å². The Morgan fingerprint density at radius 2 is 1.75 bits per heavy atom. The molecular weight excluding hydrogens is 559 g/mol. The summed E-state index contributed by atoms with van der Waals surface area (Å²) in [6, 6.07) is 7.59. The van der Waals surface area contributed by atoms with Crippen molar-refractivity contribution in [3.05, 3.63) is 55.2 Å². The highest BCUT2D eigenvalue weighted by molar-refractivity contribution is 7.89. The summed E-state index contributed by atoms with van der Waals surface area (Å²) < 4.78 is 62.5. The molecule has 0 bridgehead atoms. The van der Waals surface area contributed by atoms with E-state index < -0.39 is 39.6 Å². The molecule has 0 saturated carbocycles. The number of carbonyl (C=O) groups excluding carboxylic acids is 2. The number of imidazole rings is 1. The number of carboxylic acid groups (broad SMARTS) is 1. The molecule has 3 heterocycles. The average molecular weight is 586 g/mol. The van der Waals surface area contributed by atoms with Gasteiger partial charge < -0.3 is 26.0 Å². The number of pyridine rings is 1. The number of aromatic nitrogens is 3. The number of nitrogens with zero attached hydrogens (tertiary/aromatic N) is 5. The Balaban J connectivity index is 0.000000559. The van der Waals surface area contributed by atoms with E-state index in [1.165, 1.54) is 17.2 Å². The van der Waals surface area contributed by atoms with Crippen molar-refractivity contribution in [3.63, 3.8) is 0 Å². The van der Waals surface area contributed by atoms with Crippen LogP contribution in [0.4, 0.5) is 18.0 Å². The topological polar surface area (TPSA) is 195 Å². The predicted octanol–water partition coefficient (Wildman–Crippen LogP) is 1.15. The number of rotatable bonds is 7. The zero-order valence-electron chi connectivity index (χ0n) is 20.9. The molecule has 17 heteroatoms. The molecule has 1 aliphatic heterocycles. The van der Waals surface area contributed by atoms with E-state index in [0.29, 0.717) is 23.9 Å². The van der Waals surface area contributed by atoms with E-state index in [2.05, 4.69) is 9.97 Å². The maximum absolute atomic E-state index is 13.9. The van der Waals surface area contributed by atoms with Gasteiger partial charge in [-0.3, -0.25) is 9.78 Å². The van der Waals surface area contributed by atoms with Gasteiger partial charge >= 0.3 is 18.2 Å². The molecule has 1 unspecified atom stereocenters. The van der Waals surface area contributed by atoms with Gasteiger partial charge in [-0.2, -0.15) is 17.5 Å². The lowest BCUT2D eigenvalue weighted by Crippen LogP contribution is -2.70. The molecule has 1 saturated heterocycles. The Hall–Kier alpha value is -4.25. The van der Waals surface area contributed by atoms with Crippen LogP contribution in [0.2, 0.25) is 0 Å². The highest BCUT2D eigenvalue weighted by Crippen LogP contribution is 2.34. The van der Waals surface area contributed by atoms with Gasteiger partial charge in [-0.25, -0.2) is 23.0 Å². The maximum atomic E-state index is 13.9. The Bertz CT molecular complexity index is 1480. The molecule has 0 aliphatic carbocycles. The quantitative estimate of drug-likeness (QED) is 0.367. The number of urea groups is 1. The first-order chi connectivity index (χ1) is 18.7. The van der Waals surface area contributed by atoms with Crippen LogP contribution in [0.5, 0.6) is 0 Å². The van der Waals surface area contributed by atoms with E-state index in [1.807, 2.05) is 4.57 Å².